The minimum atomic E-state index is -2.92. The Bertz CT molecular complexity index is 887. The number of amides is 2. The van der Waals surface area contributed by atoms with Gasteiger partial charge < -0.3 is 19.7 Å². The van der Waals surface area contributed by atoms with Crippen LogP contribution in [0.15, 0.2) is 42.5 Å². The zero-order valence-corrected chi connectivity index (χ0v) is 16.7. The van der Waals surface area contributed by atoms with Crippen LogP contribution in [0.4, 0.5) is 8.78 Å². The van der Waals surface area contributed by atoms with Crippen LogP contribution in [-0.2, 0) is 17.8 Å². The topological polar surface area (TPSA) is 67.9 Å². The summed E-state index contributed by atoms with van der Waals surface area (Å²) in [5.41, 5.74) is 2.34. The summed E-state index contributed by atoms with van der Waals surface area (Å²) >= 11 is 0. The Labute approximate surface area is 173 Å². The van der Waals surface area contributed by atoms with Crippen LogP contribution in [0.5, 0.6) is 11.5 Å². The number of ether oxygens (including phenoxy) is 2. The molecular formula is C22H24F2N2O4. The molecule has 1 fully saturated rings. The number of carbonyl (C=O) groups excluding carboxylic acids is 2. The fraction of sp³-hybridized carbons (Fsp3) is 0.364. The second-order valence-corrected chi connectivity index (χ2v) is 6.99. The molecule has 0 radical (unpaired) electrons. The Morgan fingerprint density at radius 2 is 1.87 bits per heavy atom. The Kier molecular flexibility index (Phi) is 7.21. The van der Waals surface area contributed by atoms with Crippen molar-refractivity contribution in [2.75, 3.05) is 20.2 Å². The highest BCUT2D eigenvalue weighted by Gasteiger charge is 2.20. The highest BCUT2D eigenvalue weighted by Crippen LogP contribution is 2.29. The van der Waals surface area contributed by atoms with Crippen LogP contribution >= 0.6 is 0 Å². The monoisotopic (exact) mass is 418 g/mol. The Hall–Kier alpha value is -3.16. The summed E-state index contributed by atoms with van der Waals surface area (Å²) in [4.78, 5) is 25.9. The van der Waals surface area contributed by atoms with Gasteiger partial charge in [-0.3, -0.25) is 9.59 Å². The maximum Gasteiger partial charge on any atom is 0.387 e. The Balaban J connectivity index is 1.50. The van der Waals surface area contributed by atoms with Crippen LogP contribution in [0.2, 0.25) is 0 Å². The fourth-order valence-corrected chi connectivity index (χ4v) is 3.34. The molecule has 1 aliphatic heterocycles. The quantitative estimate of drug-likeness (QED) is 0.678. The van der Waals surface area contributed by atoms with Crippen LogP contribution in [0.3, 0.4) is 0 Å². The molecule has 0 spiro atoms. The number of nitrogens with zero attached hydrogens (tertiary/aromatic N) is 1. The molecule has 0 atom stereocenters. The first-order valence-electron chi connectivity index (χ1n) is 9.73. The van der Waals surface area contributed by atoms with E-state index in [9.17, 15) is 18.4 Å². The van der Waals surface area contributed by atoms with Crippen molar-refractivity contribution >= 4 is 11.8 Å². The molecule has 1 aliphatic rings. The average Bonchev–Trinajstić information content (AvgIpc) is 3.13. The van der Waals surface area contributed by atoms with Gasteiger partial charge in [-0.05, 0) is 48.2 Å². The third-order valence-corrected chi connectivity index (χ3v) is 4.90. The molecule has 2 amide bonds. The number of alkyl halides is 2. The molecule has 3 rings (SSSR count). The number of likely N-dealkylation sites (tertiary alicyclic amines) is 1. The fourth-order valence-electron chi connectivity index (χ4n) is 3.34. The van der Waals surface area contributed by atoms with Gasteiger partial charge in [0.05, 0.1) is 7.11 Å². The second kappa shape index (κ2) is 10.0. The maximum absolute atomic E-state index is 12.4. The minimum absolute atomic E-state index is 0.0315. The van der Waals surface area contributed by atoms with Gasteiger partial charge in [-0.25, -0.2) is 0 Å². The first-order chi connectivity index (χ1) is 14.5. The summed E-state index contributed by atoms with van der Waals surface area (Å²) in [6.45, 7) is -1.21. The van der Waals surface area contributed by atoms with Crippen LogP contribution in [0.1, 0.15) is 34.3 Å². The molecule has 2 aromatic rings. The van der Waals surface area contributed by atoms with Crippen molar-refractivity contribution < 1.29 is 27.8 Å². The first kappa shape index (κ1) is 21.5. The van der Waals surface area contributed by atoms with Crippen molar-refractivity contribution in [3.05, 3.63) is 59.2 Å². The van der Waals surface area contributed by atoms with Gasteiger partial charge in [-0.15, -0.1) is 0 Å². The predicted molar refractivity (Wildman–Crippen MR) is 107 cm³/mol. The molecule has 1 N–H and O–H groups in total. The van der Waals surface area contributed by atoms with E-state index in [0.29, 0.717) is 31.5 Å². The largest absolute Gasteiger partial charge is 0.493 e. The van der Waals surface area contributed by atoms with Gasteiger partial charge in [0.2, 0.25) is 5.91 Å². The third-order valence-electron chi connectivity index (χ3n) is 4.90. The molecule has 0 unspecified atom stereocenters. The molecule has 0 aromatic heterocycles. The lowest BCUT2D eigenvalue weighted by atomic mass is 10.1. The van der Waals surface area contributed by atoms with Gasteiger partial charge in [0.1, 0.15) is 0 Å². The summed E-state index contributed by atoms with van der Waals surface area (Å²) in [5, 5.41) is 2.84. The number of carbonyl (C=O) groups is 2. The van der Waals surface area contributed by atoms with Crippen molar-refractivity contribution in [3.8, 4) is 11.5 Å². The van der Waals surface area contributed by atoms with E-state index in [-0.39, 0.29) is 23.3 Å². The second-order valence-electron chi connectivity index (χ2n) is 6.99. The van der Waals surface area contributed by atoms with E-state index < -0.39 is 6.61 Å². The van der Waals surface area contributed by atoms with Crippen molar-refractivity contribution in [2.45, 2.75) is 32.4 Å². The number of halogens is 2. The molecule has 160 valence electrons. The van der Waals surface area contributed by atoms with E-state index in [4.69, 9.17) is 4.74 Å². The first-order valence-corrected chi connectivity index (χ1v) is 9.73. The third kappa shape index (κ3) is 5.68. The molecule has 0 saturated carbocycles. The number of benzene rings is 2. The lowest BCUT2D eigenvalue weighted by Crippen LogP contribution is -2.26. The van der Waals surface area contributed by atoms with Crippen LogP contribution < -0.4 is 14.8 Å². The van der Waals surface area contributed by atoms with Gasteiger partial charge in [0.25, 0.3) is 5.91 Å². The van der Waals surface area contributed by atoms with Gasteiger partial charge in [0, 0.05) is 31.6 Å². The predicted octanol–water partition coefficient (Wildman–Crippen LogP) is 3.39. The molecule has 1 heterocycles. The Morgan fingerprint density at radius 1 is 1.13 bits per heavy atom. The molecular weight excluding hydrogens is 394 g/mol. The van der Waals surface area contributed by atoms with Gasteiger partial charge in [0.15, 0.2) is 11.5 Å². The molecule has 0 bridgehead atoms. The van der Waals surface area contributed by atoms with Gasteiger partial charge in [-0.1, -0.05) is 18.2 Å². The van der Waals surface area contributed by atoms with Crippen molar-refractivity contribution in [3.63, 3.8) is 0 Å². The minimum Gasteiger partial charge on any atom is -0.493 e. The molecule has 6 nitrogen and oxygen atoms in total. The van der Waals surface area contributed by atoms with Crippen molar-refractivity contribution in [2.24, 2.45) is 0 Å². The van der Waals surface area contributed by atoms with Crippen molar-refractivity contribution in [1.29, 1.82) is 0 Å². The average molecular weight is 418 g/mol. The van der Waals surface area contributed by atoms with Gasteiger partial charge in [-0.2, -0.15) is 8.78 Å². The molecule has 8 heteroatoms. The van der Waals surface area contributed by atoms with Crippen LogP contribution in [0.25, 0.3) is 0 Å². The zero-order valence-electron chi connectivity index (χ0n) is 16.7. The van der Waals surface area contributed by atoms with E-state index in [1.54, 1.807) is 24.3 Å². The smallest absolute Gasteiger partial charge is 0.387 e. The highest BCUT2D eigenvalue weighted by molar-refractivity contribution is 5.94. The molecule has 1 saturated heterocycles. The molecule has 2 aromatic carbocycles. The summed E-state index contributed by atoms with van der Waals surface area (Å²) < 4.78 is 34.3. The normalized spacial score (nSPS) is 13.6. The summed E-state index contributed by atoms with van der Waals surface area (Å²) in [7, 11) is 1.38. The maximum atomic E-state index is 12.4. The number of methoxy groups -OCH3 is 1. The number of hydrogen-bond acceptors (Lipinski definition) is 4. The lowest BCUT2D eigenvalue weighted by Gasteiger charge is -2.15. The van der Waals surface area contributed by atoms with E-state index >= 15 is 0 Å². The number of rotatable bonds is 9. The SMILES string of the molecule is COc1cc(CCNC(=O)c2ccc(CN3CCCC3=O)cc2)ccc1OC(F)F. The Morgan fingerprint density at radius 3 is 2.50 bits per heavy atom. The molecule has 30 heavy (non-hydrogen) atoms. The summed E-state index contributed by atoms with van der Waals surface area (Å²) in [6, 6.07) is 11.9. The van der Waals surface area contributed by atoms with Crippen LogP contribution in [0, 0.1) is 0 Å². The van der Waals surface area contributed by atoms with E-state index in [1.807, 2.05) is 17.0 Å². The highest BCUT2D eigenvalue weighted by atomic mass is 19.3. The van der Waals surface area contributed by atoms with Crippen LogP contribution in [-0.4, -0.2) is 43.5 Å². The van der Waals surface area contributed by atoms with Gasteiger partial charge >= 0.3 is 6.61 Å². The van der Waals surface area contributed by atoms with E-state index in [1.165, 1.54) is 13.2 Å². The summed E-state index contributed by atoms with van der Waals surface area (Å²) in [6.07, 6.45) is 2.01. The van der Waals surface area contributed by atoms with E-state index in [0.717, 1.165) is 24.1 Å². The van der Waals surface area contributed by atoms with Crippen molar-refractivity contribution in [1.82, 2.24) is 10.2 Å². The standard InChI is InChI=1S/C22H24F2N2O4/c1-29-19-13-15(6-9-18(19)30-22(23)24)10-11-25-21(28)17-7-4-16(5-8-17)14-26-12-2-3-20(26)27/h4-9,13,22H,2-3,10-12,14H2,1H3,(H,25,28). The summed E-state index contributed by atoms with van der Waals surface area (Å²) in [5.74, 6) is 0.146. The zero-order chi connectivity index (χ0) is 21.5. The van der Waals surface area contributed by atoms with E-state index in [2.05, 4.69) is 10.1 Å². The number of hydrogen-bond donors (Lipinski definition) is 1. The number of nitrogens with one attached hydrogen (secondary N) is 1. The lowest BCUT2D eigenvalue weighted by molar-refractivity contribution is -0.128. The molecule has 0 aliphatic carbocycles.